The molecule has 1 atom stereocenters. The van der Waals surface area contributed by atoms with E-state index >= 15 is 0 Å². The van der Waals surface area contributed by atoms with Gasteiger partial charge in [-0.15, -0.1) is 0 Å². The Labute approximate surface area is 229 Å². The molecule has 0 aromatic heterocycles. The molecule has 8 nitrogen and oxygen atoms in total. The number of nitrogens with zero attached hydrogens (tertiary/aromatic N) is 3. The fourth-order valence-corrected chi connectivity index (χ4v) is 8.31. The fourth-order valence-electron chi connectivity index (χ4n) is 5.79. The number of hydrogen-bond acceptors (Lipinski definition) is 5. The minimum atomic E-state index is -4.15. The van der Waals surface area contributed by atoms with E-state index in [0.29, 0.717) is 40.7 Å². The van der Waals surface area contributed by atoms with E-state index < -0.39 is 27.9 Å². The van der Waals surface area contributed by atoms with Gasteiger partial charge in [-0.2, -0.15) is 4.31 Å². The third kappa shape index (κ3) is 3.81. The van der Waals surface area contributed by atoms with Crippen LogP contribution in [-0.4, -0.2) is 55.0 Å². The number of hydrogen-bond donors (Lipinski definition) is 0. The van der Waals surface area contributed by atoms with E-state index in [9.17, 15) is 22.8 Å². The molecule has 0 radical (unpaired) electrons. The standard InChI is InChI=1S/C28H24BrN3O5S/c1-17(33)30-12-10-19-14-20(29)15-25(26(19)30)38(36,37)32-13-11-18-6-2-3-7-21(18)24(32)16-31-27(34)22-8-4-5-9-23(22)28(31)35/h2-9,14-15,24H,10-13,16H2,1H3/t24-/m1/s1. The second kappa shape index (κ2) is 9.14. The van der Waals surface area contributed by atoms with E-state index in [0.717, 1.165) is 21.6 Å². The highest BCUT2D eigenvalue weighted by molar-refractivity contribution is 9.10. The Morgan fingerprint density at radius 3 is 2.24 bits per heavy atom. The van der Waals surface area contributed by atoms with Crippen LogP contribution in [0.2, 0.25) is 0 Å². The molecule has 194 valence electrons. The van der Waals surface area contributed by atoms with Gasteiger partial charge in [-0.25, -0.2) is 8.42 Å². The molecule has 3 aromatic carbocycles. The highest BCUT2D eigenvalue weighted by atomic mass is 79.9. The van der Waals surface area contributed by atoms with E-state index in [1.165, 1.54) is 22.2 Å². The van der Waals surface area contributed by atoms with Gasteiger partial charge >= 0.3 is 0 Å². The summed E-state index contributed by atoms with van der Waals surface area (Å²) in [5, 5.41) is 0. The van der Waals surface area contributed by atoms with E-state index in [-0.39, 0.29) is 23.9 Å². The first-order valence-corrected chi connectivity index (χ1v) is 14.6. The van der Waals surface area contributed by atoms with E-state index in [1.54, 1.807) is 24.3 Å². The summed E-state index contributed by atoms with van der Waals surface area (Å²) < 4.78 is 30.8. The minimum Gasteiger partial charge on any atom is -0.311 e. The molecule has 3 aliphatic rings. The van der Waals surface area contributed by atoms with Crippen LogP contribution in [0.3, 0.4) is 0 Å². The number of sulfonamides is 1. The SMILES string of the molecule is CC(=O)N1CCc2cc(Br)cc(S(=O)(=O)N3CCc4ccccc4[C@H]3CN3C(=O)c4ccccc4C3=O)c21. The Bertz CT molecular complexity index is 1600. The number of carbonyl (C=O) groups is 3. The third-order valence-corrected chi connectivity index (χ3v) is 9.94. The normalized spacial score (nSPS) is 18.9. The Hall–Kier alpha value is -3.34. The van der Waals surface area contributed by atoms with Gasteiger partial charge in [0.05, 0.1) is 29.4 Å². The van der Waals surface area contributed by atoms with Crippen molar-refractivity contribution in [3.63, 3.8) is 0 Å². The molecule has 10 heteroatoms. The summed E-state index contributed by atoms with van der Waals surface area (Å²) in [5.74, 6) is -1.09. The summed E-state index contributed by atoms with van der Waals surface area (Å²) >= 11 is 3.45. The third-order valence-electron chi connectivity index (χ3n) is 7.56. The van der Waals surface area contributed by atoms with Crippen LogP contribution in [0, 0.1) is 0 Å². The zero-order valence-electron chi connectivity index (χ0n) is 20.6. The number of imide groups is 1. The zero-order valence-corrected chi connectivity index (χ0v) is 23.0. The number of carbonyl (C=O) groups excluding carboxylic acids is 3. The highest BCUT2D eigenvalue weighted by Gasteiger charge is 2.44. The number of amides is 3. The van der Waals surface area contributed by atoms with Crippen LogP contribution in [0.5, 0.6) is 0 Å². The van der Waals surface area contributed by atoms with Gasteiger partial charge in [0.25, 0.3) is 11.8 Å². The Morgan fingerprint density at radius 2 is 1.55 bits per heavy atom. The largest absolute Gasteiger partial charge is 0.311 e. The molecule has 0 N–H and O–H groups in total. The van der Waals surface area contributed by atoms with Crippen molar-refractivity contribution in [1.82, 2.24) is 9.21 Å². The summed E-state index contributed by atoms with van der Waals surface area (Å²) in [4.78, 5) is 41.5. The van der Waals surface area contributed by atoms with Gasteiger partial charge in [-0.1, -0.05) is 52.3 Å². The molecule has 0 saturated heterocycles. The lowest BCUT2D eigenvalue weighted by Crippen LogP contribution is -2.46. The molecule has 0 saturated carbocycles. The van der Waals surface area contributed by atoms with Crippen LogP contribution in [0.15, 0.2) is 70.0 Å². The quantitative estimate of drug-likeness (QED) is 0.427. The summed E-state index contributed by atoms with van der Waals surface area (Å²) in [7, 11) is -4.15. The van der Waals surface area contributed by atoms with Crippen LogP contribution in [-0.2, 0) is 27.7 Å². The average molecular weight is 594 g/mol. The van der Waals surface area contributed by atoms with Gasteiger partial charge in [0.1, 0.15) is 4.90 Å². The Balaban J connectivity index is 1.46. The number of fused-ring (bicyclic) bond motifs is 3. The van der Waals surface area contributed by atoms with Gasteiger partial charge in [0.15, 0.2) is 0 Å². The van der Waals surface area contributed by atoms with Crippen LogP contribution >= 0.6 is 15.9 Å². The van der Waals surface area contributed by atoms with Crippen molar-refractivity contribution >= 4 is 49.4 Å². The van der Waals surface area contributed by atoms with Crippen LogP contribution in [0.4, 0.5) is 5.69 Å². The lowest BCUT2D eigenvalue weighted by atomic mass is 9.94. The molecule has 3 aliphatic heterocycles. The van der Waals surface area contributed by atoms with Crippen molar-refractivity contribution in [3.8, 4) is 0 Å². The van der Waals surface area contributed by atoms with Crippen LogP contribution in [0.1, 0.15) is 50.4 Å². The van der Waals surface area contributed by atoms with Crippen molar-refractivity contribution < 1.29 is 22.8 Å². The number of benzene rings is 3. The second-order valence-corrected chi connectivity index (χ2v) is 12.5. The topological polar surface area (TPSA) is 95.1 Å². The van der Waals surface area contributed by atoms with Crippen molar-refractivity contribution in [3.05, 3.63) is 93.0 Å². The molecule has 0 aliphatic carbocycles. The summed E-state index contributed by atoms with van der Waals surface area (Å²) in [6.45, 7) is 1.89. The van der Waals surface area contributed by atoms with E-state index in [1.807, 2.05) is 30.3 Å². The molecule has 0 unspecified atom stereocenters. The van der Waals surface area contributed by atoms with Crippen LogP contribution in [0.25, 0.3) is 0 Å². The maximum Gasteiger partial charge on any atom is 0.261 e. The first-order chi connectivity index (χ1) is 18.2. The molecule has 3 amide bonds. The zero-order chi connectivity index (χ0) is 26.8. The number of anilines is 1. The van der Waals surface area contributed by atoms with Gasteiger partial charge in [0.2, 0.25) is 15.9 Å². The maximum absolute atomic E-state index is 14.4. The van der Waals surface area contributed by atoms with Gasteiger partial charge in [-0.3, -0.25) is 19.3 Å². The first kappa shape index (κ1) is 25.0. The van der Waals surface area contributed by atoms with Crippen molar-refractivity contribution in [1.29, 1.82) is 0 Å². The highest BCUT2D eigenvalue weighted by Crippen LogP contribution is 2.42. The number of halogens is 1. The smallest absolute Gasteiger partial charge is 0.261 e. The molecule has 6 rings (SSSR count). The molecule has 0 spiro atoms. The predicted octanol–water partition coefficient (Wildman–Crippen LogP) is 3.94. The number of rotatable bonds is 4. The molecular formula is C28H24BrN3O5S. The van der Waals surface area contributed by atoms with Crippen LogP contribution < -0.4 is 4.90 Å². The van der Waals surface area contributed by atoms with Gasteiger partial charge in [-0.05, 0) is 53.8 Å². The van der Waals surface area contributed by atoms with E-state index in [4.69, 9.17) is 0 Å². The molecule has 3 aromatic rings. The summed E-state index contributed by atoms with van der Waals surface area (Å²) in [6, 6.07) is 16.8. The lowest BCUT2D eigenvalue weighted by molar-refractivity contribution is -0.116. The average Bonchev–Trinajstić information content (AvgIpc) is 3.43. The molecular weight excluding hydrogens is 570 g/mol. The molecule has 0 bridgehead atoms. The molecule has 38 heavy (non-hydrogen) atoms. The molecule has 0 fully saturated rings. The van der Waals surface area contributed by atoms with Crippen molar-refractivity contribution in [2.24, 2.45) is 0 Å². The predicted molar refractivity (Wildman–Crippen MR) is 144 cm³/mol. The summed E-state index contributed by atoms with van der Waals surface area (Å²) in [5.41, 5.74) is 3.55. The lowest BCUT2D eigenvalue weighted by Gasteiger charge is -2.38. The second-order valence-electron chi connectivity index (χ2n) is 9.68. The fraction of sp³-hybridized carbons (Fsp3) is 0.250. The monoisotopic (exact) mass is 593 g/mol. The summed E-state index contributed by atoms with van der Waals surface area (Å²) in [6.07, 6.45) is 1.04. The van der Waals surface area contributed by atoms with Gasteiger partial charge < -0.3 is 4.90 Å². The van der Waals surface area contributed by atoms with Gasteiger partial charge in [0, 0.05) is 24.5 Å². The Kier molecular flexibility index (Phi) is 6.01. The maximum atomic E-state index is 14.4. The first-order valence-electron chi connectivity index (χ1n) is 12.3. The van der Waals surface area contributed by atoms with E-state index in [2.05, 4.69) is 15.9 Å². The van der Waals surface area contributed by atoms with Crippen molar-refractivity contribution in [2.45, 2.75) is 30.7 Å². The minimum absolute atomic E-state index is 0.0429. The molecule has 3 heterocycles. The van der Waals surface area contributed by atoms with Crippen molar-refractivity contribution in [2.75, 3.05) is 24.5 Å². The Morgan fingerprint density at radius 1 is 0.921 bits per heavy atom.